The molecule has 3 aromatic rings. The van der Waals surface area contributed by atoms with Crippen LogP contribution < -0.4 is 15.5 Å². The van der Waals surface area contributed by atoms with Crippen LogP contribution in [0.4, 0.5) is 10.1 Å². The molecule has 0 radical (unpaired) electrons. The van der Waals surface area contributed by atoms with Gasteiger partial charge in [-0.3, -0.25) is 9.59 Å². The minimum Gasteiger partial charge on any atom is -0.489 e. The maximum Gasteiger partial charge on any atom is 0.329 e. The Bertz CT molecular complexity index is 1090. The zero-order chi connectivity index (χ0) is 22.2. The van der Waals surface area contributed by atoms with Gasteiger partial charge in [0.1, 0.15) is 18.2 Å². The Morgan fingerprint density at radius 3 is 2.29 bits per heavy atom. The molecular weight excluding hydrogens is 397 g/mol. The quantitative estimate of drug-likeness (QED) is 0.357. The highest BCUT2D eigenvalue weighted by Gasteiger charge is 2.15. The predicted octanol–water partition coefficient (Wildman–Crippen LogP) is 4.19. The van der Waals surface area contributed by atoms with Crippen molar-refractivity contribution in [1.29, 1.82) is 0 Å². The molecule has 0 heterocycles. The summed E-state index contributed by atoms with van der Waals surface area (Å²) in [5.41, 5.74) is 5.60. The van der Waals surface area contributed by atoms with Crippen molar-refractivity contribution < 1.29 is 18.7 Å². The number of carbonyl (C=O) groups excluding carboxylic acids is 2. The maximum atomic E-state index is 13.6. The molecule has 0 aliphatic rings. The summed E-state index contributed by atoms with van der Waals surface area (Å²) in [7, 11) is 0. The smallest absolute Gasteiger partial charge is 0.329 e. The van der Waals surface area contributed by atoms with Crippen LogP contribution in [0.3, 0.4) is 0 Å². The maximum absolute atomic E-state index is 13.6. The highest BCUT2D eigenvalue weighted by molar-refractivity contribution is 6.39. The second-order valence-electron chi connectivity index (χ2n) is 6.87. The molecule has 6 nitrogen and oxygen atoms in total. The molecule has 0 atom stereocenters. The van der Waals surface area contributed by atoms with Crippen molar-refractivity contribution in [3.63, 3.8) is 0 Å². The van der Waals surface area contributed by atoms with Crippen molar-refractivity contribution in [2.24, 2.45) is 5.10 Å². The van der Waals surface area contributed by atoms with E-state index < -0.39 is 17.6 Å². The number of aryl methyl sites for hydroxylation is 1. The standard InChI is InChI=1S/C24H22FN3O3/c1-16-7-9-18(10-8-16)15-31-20-13-11-19(12-14-20)17(2)27-28-24(30)23(29)26-22-6-4-3-5-21(22)25/h3-14H,15H2,1-2H3,(H,26,29)(H,28,30)/b27-17+. The third-order valence-electron chi connectivity index (χ3n) is 4.45. The number of benzene rings is 3. The molecular formula is C24H22FN3O3. The Morgan fingerprint density at radius 1 is 0.935 bits per heavy atom. The first-order chi connectivity index (χ1) is 14.9. The van der Waals surface area contributed by atoms with Gasteiger partial charge in [0, 0.05) is 0 Å². The average molecular weight is 419 g/mol. The van der Waals surface area contributed by atoms with Gasteiger partial charge in [-0.05, 0) is 61.4 Å². The highest BCUT2D eigenvalue weighted by atomic mass is 19.1. The monoisotopic (exact) mass is 419 g/mol. The van der Waals surface area contributed by atoms with E-state index in [9.17, 15) is 14.0 Å². The van der Waals surface area contributed by atoms with Crippen molar-refractivity contribution in [1.82, 2.24) is 5.43 Å². The van der Waals surface area contributed by atoms with Gasteiger partial charge in [0.2, 0.25) is 0 Å². The van der Waals surface area contributed by atoms with Crippen LogP contribution >= 0.6 is 0 Å². The van der Waals surface area contributed by atoms with E-state index in [0.29, 0.717) is 18.1 Å². The van der Waals surface area contributed by atoms with Crippen LogP contribution in [0, 0.1) is 12.7 Å². The first-order valence-electron chi connectivity index (χ1n) is 9.61. The van der Waals surface area contributed by atoms with Gasteiger partial charge in [-0.2, -0.15) is 5.10 Å². The molecule has 0 bridgehead atoms. The van der Waals surface area contributed by atoms with E-state index in [1.807, 2.05) is 31.2 Å². The lowest BCUT2D eigenvalue weighted by molar-refractivity contribution is -0.136. The van der Waals surface area contributed by atoms with Gasteiger partial charge in [-0.1, -0.05) is 42.0 Å². The molecule has 0 spiro atoms. The third kappa shape index (κ3) is 6.24. The van der Waals surface area contributed by atoms with Crippen molar-refractivity contribution in [2.75, 3.05) is 5.32 Å². The fourth-order valence-electron chi connectivity index (χ4n) is 2.63. The van der Waals surface area contributed by atoms with E-state index in [4.69, 9.17) is 4.74 Å². The van der Waals surface area contributed by atoms with Gasteiger partial charge >= 0.3 is 11.8 Å². The number of hydrazone groups is 1. The molecule has 0 fully saturated rings. The predicted molar refractivity (Wildman–Crippen MR) is 117 cm³/mol. The Kier molecular flexibility index (Phi) is 7.11. The van der Waals surface area contributed by atoms with E-state index in [0.717, 1.165) is 11.1 Å². The molecule has 0 aromatic heterocycles. The Morgan fingerprint density at radius 2 is 1.61 bits per heavy atom. The Balaban J connectivity index is 1.53. The van der Waals surface area contributed by atoms with Gasteiger partial charge in [-0.25, -0.2) is 9.82 Å². The highest BCUT2D eigenvalue weighted by Crippen LogP contribution is 2.15. The van der Waals surface area contributed by atoms with Crippen LogP contribution in [-0.2, 0) is 16.2 Å². The van der Waals surface area contributed by atoms with Crippen molar-refractivity contribution in [3.8, 4) is 5.75 Å². The van der Waals surface area contributed by atoms with Gasteiger partial charge in [0.15, 0.2) is 0 Å². The summed E-state index contributed by atoms with van der Waals surface area (Å²) in [4.78, 5) is 23.8. The average Bonchev–Trinajstić information content (AvgIpc) is 2.78. The first-order valence-corrected chi connectivity index (χ1v) is 9.61. The van der Waals surface area contributed by atoms with Crippen LogP contribution in [0.2, 0.25) is 0 Å². The van der Waals surface area contributed by atoms with E-state index in [1.54, 1.807) is 37.3 Å². The topological polar surface area (TPSA) is 79.8 Å². The molecule has 0 unspecified atom stereocenters. The summed E-state index contributed by atoms with van der Waals surface area (Å²) in [6.07, 6.45) is 0. The number of amides is 2. The Labute approximate surface area is 179 Å². The molecule has 0 saturated carbocycles. The first kappa shape index (κ1) is 21.7. The van der Waals surface area contributed by atoms with E-state index >= 15 is 0 Å². The van der Waals surface area contributed by atoms with Crippen LogP contribution in [-0.4, -0.2) is 17.5 Å². The van der Waals surface area contributed by atoms with Crippen molar-refractivity contribution >= 4 is 23.2 Å². The third-order valence-corrected chi connectivity index (χ3v) is 4.45. The molecule has 3 rings (SSSR count). The number of carbonyl (C=O) groups is 2. The molecule has 0 saturated heterocycles. The fraction of sp³-hybridized carbons (Fsp3) is 0.125. The van der Waals surface area contributed by atoms with Crippen molar-refractivity contribution in [2.45, 2.75) is 20.5 Å². The molecule has 2 N–H and O–H groups in total. The summed E-state index contributed by atoms with van der Waals surface area (Å²) in [6.45, 7) is 4.18. The minimum atomic E-state index is -1.01. The summed E-state index contributed by atoms with van der Waals surface area (Å²) >= 11 is 0. The number of ether oxygens (including phenoxy) is 1. The minimum absolute atomic E-state index is 0.0791. The number of halogens is 1. The lowest BCUT2D eigenvalue weighted by atomic mass is 10.1. The van der Waals surface area contributed by atoms with E-state index in [-0.39, 0.29) is 5.69 Å². The number of anilines is 1. The van der Waals surface area contributed by atoms with Gasteiger partial charge in [0.05, 0.1) is 11.4 Å². The number of hydrogen-bond acceptors (Lipinski definition) is 4. The number of rotatable bonds is 6. The van der Waals surface area contributed by atoms with Crippen LogP contribution in [0.25, 0.3) is 0 Å². The summed E-state index contributed by atoms with van der Waals surface area (Å²) in [6, 6.07) is 20.9. The summed E-state index contributed by atoms with van der Waals surface area (Å²) < 4.78 is 19.3. The number of nitrogens with zero attached hydrogens (tertiary/aromatic N) is 1. The van der Waals surface area contributed by atoms with E-state index in [1.165, 1.54) is 23.8 Å². The lowest BCUT2D eigenvalue weighted by Crippen LogP contribution is -2.33. The molecule has 7 heteroatoms. The van der Waals surface area contributed by atoms with Crippen molar-refractivity contribution in [3.05, 3.63) is 95.3 Å². The zero-order valence-corrected chi connectivity index (χ0v) is 17.2. The van der Waals surface area contributed by atoms with Crippen LogP contribution in [0.1, 0.15) is 23.6 Å². The number of nitrogens with one attached hydrogen (secondary N) is 2. The van der Waals surface area contributed by atoms with Gasteiger partial charge in [-0.15, -0.1) is 0 Å². The molecule has 0 aliphatic carbocycles. The largest absolute Gasteiger partial charge is 0.489 e. The molecule has 158 valence electrons. The fourth-order valence-corrected chi connectivity index (χ4v) is 2.63. The summed E-state index contributed by atoms with van der Waals surface area (Å²) in [5.74, 6) is -1.94. The van der Waals surface area contributed by atoms with E-state index in [2.05, 4.69) is 15.8 Å². The summed E-state index contributed by atoms with van der Waals surface area (Å²) in [5, 5.41) is 6.13. The van der Waals surface area contributed by atoms with Crippen LogP contribution in [0.5, 0.6) is 5.75 Å². The van der Waals surface area contributed by atoms with Gasteiger partial charge < -0.3 is 10.1 Å². The normalized spacial score (nSPS) is 11.0. The zero-order valence-electron chi connectivity index (χ0n) is 17.2. The molecule has 0 aliphatic heterocycles. The second kappa shape index (κ2) is 10.2. The number of para-hydroxylation sites is 1. The molecule has 2 amide bonds. The lowest BCUT2D eigenvalue weighted by Gasteiger charge is -2.08. The molecule has 31 heavy (non-hydrogen) atoms. The number of hydrogen-bond donors (Lipinski definition) is 2. The Hall–Kier alpha value is -4.00. The molecule has 3 aromatic carbocycles. The van der Waals surface area contributed by atoms with Crippen LogP contribution in [0.15, 0.2) is 77.9 Å². The second-order valence-corrected chi connectivity index (χ2v) is 6.87. The van der Waals surface area contributed by atoms with Gasteiger partial charge in [0.25, 0.3) is 0 Å². The SMILES string of the molecule is C/C(=N\NC(=O)C(=O)Nc1ccccc1F)c1ccc(OCc2ccc(C)cc2)cc1.